The molecule has 0 spiro atoms. The van der Waals surface area contributed by atoms with E-state index in [1.165, 1.54) is 24.0 Å². The van der Waals surface area contributed by atoms with Gasteiger partial charge in [0.15, 0.2) is 0 Å². The highest BCUT2D eigenvalue weighted by Crippen LogP contribution is 2.44. The van der Waals surface area contributed by atoms with E-state index in [1.54, 1.807) is 0 Å². The third-order valence-corrected chi connectivity index (χ3v) is 5.72. The first kappa shape index (κ1) is 14.1. The molecule has 2 nitrogen and oxygen atoms in total. The van der Waals surface area contributed by atoms with E-state index in [-0.39, 0.29) is 9.46 Å². The van der Waals surface area contributed by atoms with Crippen LogP contribution in [0.3, 0.4) is 0 Å². The quantitative estimate of drug-likeness (QED) is 0.490. The van der Waals surface area contributed by atoms with Crippen LogP contribution in [0.4, 0.5) is 0 Å². The average Bonchev–Trinajstić information content (AvgIpc) is 2.27. The van der Waals surface area contributed by atoms with Gasteiger partial charge >= 0.3 is 0 Å². The Kier molecular flexibility index (Phi) is 3.93. The zero-order chi connectivity index (χ0) is 13.5. The highest BCUT2D eigenvalue weighted by atomic mass is 127. The fourth-order valence-electron chi connectivity index (χ4n) is 2.92. The number of hydrogen-bond acceptors (Lipinski definition) is 2. The van der Waals surface area contributed by atoms with Crippen molar-refractivity contribution in [3.05, 3.63) is 28.8 Å². The first-order valence-corrected chi connectivity index (χ1v) is 7.75. The van der Waals surface area contributed by atoms with Crippen LogP contribution in [0.1, 0.15) is 47.4 Å². The molecule has 0 amide bonds. The normalized spacial score (nSPS) is 19.7. The Bertz CT molecular complexity index is 454. The van der Waals surface area contributed by atoms with Crippen molar-refractivity contribution in [1.82, 2.24) is 4.90 Å². The Morgan fingerprint density at radius 3 is 2.61 bits per heavy atom. The predicted octanol–water partition coefficient (Wildman–Crippen LogP) is 4.00. The molecule has 0 saturated heterocycles. The smallest absolute Gasteiger partial charge is 0.121 e. The molecule has 2 rings (SSSR count). The molecule has 3 heteroatoms. The van der Waals surface area contributed by atoms with Crippen molar-refractivity contribution in [2.24, 2.45) is 0 Å². The summed E-state index contributed by atoms with van der Waals surface area (Å²) in [6, 6.07) is 3.99. The number of phenolic OH excluding ortho intramolecular Hbond substituents is 1. The second-order valence-corrected chi connectivity index (χ2v) is 7.24. The van der Waals surface area contributed by atoms with Gasteiger partial charge in [0.1, 0.15) is 5.75 Å². The molecular weight excluding hydrogens is 337 g/mol. The summed E-state index contributed by atoms with van der Waals surface area (Å²) in [5.74, 6) is 0.444. The summed E-state index contributed by atoms with van der Waals surface area (Å²) >= 11 is 2.41. The van der Waals surface area contributed by atoms with Crippen molar-refractivity contribution in [3.63, 3.8) is 0 Å². The lowest BCUT2D eigenvalue weighted by Gasteiger charge is -2.35. The largest absolute Gasteiger partial charge is 0.508 e. The second-order valence-electron chi connectivity index (χ2n) is 6.06. The van der Waals surface area contributed by atoms with E-state index in [2.05, 4.69) is 61.5 Å². The maximum absolute atomic E-state index is 10.2. The first-order chi connectivity index (χ1) is 8.34. The number of fused-ring (bicyclic) bond motifs is 1. The summed E-state index contributed by atoms with van der Waals surface area (Å²) in [6.45, 7) is 4.62. The summed E-state index contributed by atoms with van der Waals surface area (Å²) < 4.78 is 0.228. The molecule has 100 valence electrons. The van der Waals surface area contributed by atoms with Crippen LogP contribution in [0, 0.1) is 0 Å². The number of phenols is 1. The maximum atomic E-state index is 10.2. The van der Waals surface area contributed by atoms with Gasteiger partial charge in [-0.15, -0.1) is 0 Å². The van der Waals surface area contributed by atoms with Gasteiger partial charge in [0.2, 0.25) is 0 Å². The fraction of sp³-hybridized carbons (Fsp3) is 0.600. The van der Waals surface area contributed by atoms with Crippen LogP contribution < -0.4 is 0 Å². The second kappa shape index (κ2) is 5.00. The molecule has 1 aliphatic rings. The molecule has 0 heterocycles. The van der Waals surface area contributed by atoms with Crippen molar-refractivity contribution < 1.29 is 5.11 Å². The molecule has 0 aromatic heterocycles. The number of aromatic hydroxyl groups is 1. The maximum Gasteiger partial charge on any atom is 0.121 e. The van der Waals surface area contributed by atoms with E-state index < -0.39 is 0 Å². The van der Waals surface area contributed by atoms with E-state index >= 15 is 0 Å². The molecule has 0 aliphatic heterocycles. The number of halogens is 1. The van der Waals surface area contributed by atoms with Gasteiger partial charge in [0.05, 0.1) is 4.05 Å². The van der Waals surface area contributed by atoms with Gasteiger partial charge in [0, 0.05) is 5.56 Å². The first-order valence-electron chi connectivity index (χ1n) is 6.50. The highest BCUT2D eigenvalue weighted by molar-refractivity contribution is 14.1. The number of nitrogens with zero attached hydrogens (tertiary/aromatic N) is 1. The van der Waals surface area contributed by atoms with Crippen LogP contribution in [0.25, 0.3) is 0 Å². The van der Waals surface area contributed by atoms with Gasteiger partial charge in [-0.3, -0.25) is 4.90 Å². The number of hydrogen-bond donors (Lipinski definition) is 1. The van der Waals surface area contributed by atoms with Gasteiger partial charge < -0.3 is 5.11 Å². The average molecular weight is 359 g/mol. The summed E-state index contributed by atoms with van der Waals surface area (Å²) in [5, 5.41) is 10.2. The standard InChI is InChI=1S/C15H22INO/c1-15(2)9-5-6-10-11(15)7-8-12(18)13(10)14(16)17(3)4/h7-8,14,18H,5-6,9H2,1-4H3. The molecule has 1 aliphatic carbocycles. The Morgan fingerprint density at radius 2 is 2.00 bits per heavy atom. The number of rotatable bonds is 2. The van der Waals surface area contributed by atoms with Crippen LogP contribution in [0.5, 0.6) is 5.75 Å². The molecule has 0 fully saturated rings. The van der Waals surface area contributed by atoms with Crippen molar-refractivity contribution in [2.75, 3.05) is 14.1 Å². The SMILES string of the molecule is CN(C)C(I)c1c(O)ccc2c1CCCC2(C)C. The van der Waals surface area contributed by atoms with Gasteiger partial charge in [0.25, 0.3) is 0 Å². The lowest BCUT2D eigenvalue weighted by Crippen LogP contribution is -2.26. The van der Waals surface area contributed by atoms with Crippen molar-refractivity contribution in [2.45, 2.75) is 42.6 Å². The molecule has 18 heavy (non-hydrogen) atoms. The van der Waals surface area contributed by atoms with E-state index in [1.807, 2.05) is 6.07 Å². The molecule has 1 aromatic carbocycles. The van der Waals surface area contributed by atoms with Crippen LogP contribution in [0.15, 0.2) is 12.1 Å². The number of benzene rings is 1. The zero-order valence-corrected chi connectivity index (χ0v) is 13.8. The van der Waals surface area contributed by atoms with E-state index in [4.69, 9.17) is 0 Å². The number of alkyl halides is 1. The third kappa shape index (κ3) is 2.39. The minimum Gasteiger partial charge on any atom is -0.508 e. The van der Waals surface area contributed by atoms with E-state index in [9.17, 15) is 5.11 Å². The summed E-state index contributed by atoms with van der Waals surface area (Å²) in [7, 11) is 4.12. The molecule has 1 unspecified atom stereocenters. The minimum atomic E-state index is 0.228. The van der Waals surface area contributed by atoms with Crippen LogP contribution in [0.2, 0.25) is 0 Å². The molecule has 0 radical (unpaired) electrons. The monoisotopic (exact) mass is 359 g/mol. The highest BCUT2D eigenvalue weighted by Gasteiger charge is 2.31. The predicted molar refractivity (Wildman–Crippen MR) is 84.5 cm³/mol. The van der Waals surface area contributed by atoms with E-state index in [0.717, 1.165) is 12.0 Å². The molecule has 1 atom stereocenters. The van der Waals surface area contributed by atoms with Gasteiger partial charge in [-0.25, -0.2) is 0 Å². The van der Waals surface area contributed by atoms with Gasteiger partial charge in [-0.2, -0.15) is 0 Å². The fourth-order valence-corrected chi connectivity index (χ4v) is 3.62. The molecular formula is C15H22INO. The lowest BCUT2D eigenvalue weighted by atomic mass is 9.71. The Balaban J connectivity index is 2.60. The summed E-state index contributed by atoms with van der Waals surface area (Å²) in [6.07, 6.45) is 3.54. The topological polar surface area (TPSA) is 23.5 Å². The summed E-state index contributed by atoms with van der Waals surface area (Å²) in [4.78, 5) is 2.15. The van der Waals surface area contributed by atoms with Crippen molar-refractivity contribution in [3.8, 4) is 5.75 Å². The van der Waals surface area contributed by atoms with Crippen LogP contribution in [-0.4, -0.2) is 24.1 Å². The van der Waals surface area contributed by atoms with Crippen LogP contribution >= 0.6 is 22.6 Å². The zero-order valence-electron chi connectivity index (χ0n) is 11.6. The van der Waals surface area contributed by atoms with Crippen molar-refractivity contribution >= 4 is 22.6 Å². The minimum absolute atomic E-state index is 0.228. The molecule has 1 N–H and O–H groups in total. The molecule has 0 bridgehead atoms. The Morgan fingerprint density at radius 1 is 1.33 bits per heavy atom. The van der Waals surface area contributed by atoms with Crippen molar-refractivity contribution in [1.29, 1.82) is 0 Å². The van der Waals surface area contributed by atoms with Gasteiger partial charge in [-0.1, -0.05) is 42.5 Å². The molecule has 1 aromatic rings. The van der Waals surface area contributed by atoms with Gasteiger partial charge in [-0.05, 0) is 56.0 Å². The lowest BCUT2D eigenvalue weighted by molar-refractivity contribution is 0.377. The summed E-state index contributed by atoms with van der Waals surface area (Å²) in [5.41, 5.74) is 4.15. The van der Waals surface area contributed by atoms with E-state index in [0.29, 0.717) is 5.75 Å². The van der Waals surface area contributed by atoms with Crippen LogP contribution in [-0.2, 0) is 11.8 Å². The Hall–Kier alpha value is -0.290. The third-order valence-electron chi connectivity index (χ3n) is 3.98. The molecule has 0 saturated carbocycles. The Labute approximate surface area is 124 Å².